The number of hydrogen-bond donors (Lipinski definition) is 0. The van der Waals surface area contributed by atoms with E-state index >= 15 is 0 Å². The Morgan fingerprint density at radius 3 is 2.72 bits per heavy atom. The van der Waals surface area contributed by atoms with Gasteiger partial charge in [0.15, 0.2) is 5.82 Å². The van der Waals surface area contributed by atoms with Crippen molar-refractivity contribution in [2.45, 2.75) is 33.0 Å². The van der Waals surface area contributed by atoms with Crippen LogP contribution in [0.4, 0.5) is 5.82 Å². The van der Waals surface area contributed by atoms with Crippen molar-refractivity contribution in [1.82, 2.24) is 24.9 Å². The summed E-state index contributed by atoms with van der Waals surface area (Å²) >= 11 is 0. The molecule has 8 heteroatoms. The van der Waals surface area contributed by atoms with Gasteiger partial charge in [-0.2, -0.15) is 10.1 Å². The topological polar surface area (TPSA) is 82.1 Å². The molecule has 0 aliphatic rings. The SMILES string of the molecule is COCc1noc(-c2ccc(N(Cc3cnn(C)c3)C(C)C)nc2)n1. The average Bonchev–Trinajstić information content (AvgIpc) is 3.22. The molecule has 3 aromatic heterocycles. The van der Waals surface area contributed by atoms with Crippen LogP contribution in [0.15, 0.2) is 35.2 Å². The van der Waals surface area contributed by atoms with Crippen LogP contribution in [0, 0.1) is 0 Å². The summed E-state index contributed by atoms with van der Waals surface area (Å²) in [7, 11) is 3.51. The second kappa shape index (κ2) is 7.43. The Bertz CT molecular complexity index is 809. The standard InChI is InChI=1S/C17H22N6O2/c1-12(2)23(10-13-7-19-22(3)9-13)16-6-5-14(8-18-16)17-20-15(11-24-4)21-25-17/h5-9,12H,10-11H2,1-4H3. The summed E-state index contributed by atoms with van der Waals surface area (Å²) in [6, 6.07) is 4.20. The molecule has 0 atom stereocenters. The van der Waals surface area contributed by atoms with E-state index in [-0.39, 0.29) is 0 Å². The average molecular weight is 342 g/mol. The van der Waals surface area contributed by atoms with E-state index in [1.54, 1.807) is 18.0 Å². The van der Waals surface area contributed by atoms with Crippen LogP contribution in [0.5, 0.6) is 0 Å². The number of aromatic nitrogens is 5. The number of nitrogens with zero attached hydrogens (tertiary/aromatic N) is 6. The Kier molecular flexibility index (Phi) is 5.08. The maximum Gasteiger partial charge on any atom is 0.259 e. The van der Waals surface area contributed by atoms with Gasteiger partial charge in [0.2, 0.25) is 0 Å². The van der Waals surface area contributed by atoms with Crippen LogP contribution in [0.25, 0.3) is 11.5 Å². The van der Waals surface area contributed by atoms with Gasteiger partial charge in [0, 0.05) is 44.7 Å². The number of aryl methyl sites for hydroxylation is 1. The fourth-order valence-corrected chi connectivity index (χ4v) is 2.52. The third kappa shape index (κ3) is 4.03. The lowest BCUT2D eigenvalue weighted by Gasteiger charge is -2.27. The number of pyridine rings is 1. The predicted molar refractivity (Wildman–Crippen MR) is 92.8 cm³/mol. The first kappa shape index (κ1) is 17.1. The molecule has 0 radical (unpaired) electrons. The fraction of sp³-hybridized carbons (Fsp3) is 0.412. The van der Waals surface area contributed by atoms with Crippen LogP contribution in [-0.2, 0) is 24.9 Å². The van der Waals surface area contributed by atoms with Gasteiger partial charge in [-0.1, -0.05) is 5.16 Å². The molecule has 0 saturated carbocycles. The Balaban J connectivity index is 1.78. The Labute approximate surface area is 146 Å². The van der Waals surface area contributed by atoms with E-state index in [1.165, 1.54) is 0 Å². The summed E-state index contributed by atoms with van der Waals surface area (Å²) in [5, 5.41) is 8.09. The summed E-state index contributed by atoms with van der Waals surface area (Å²) in [6.45, 7) is 5.35. The van der Waals surface area contributed by atoms with Crippen molar-refractivity contribution >= 4 is 5.82 Å². The number of hydrogen-bond acceptors (Lipinski definition) is 7. The molecule has 0 spiro atoms. The highest BCUT2D eigenvalue weighted by Crippen LogP contribution is 2.22. The highest BCUT2D eigenvalue weighted by molar-refractivity contribution is 5.55. The van der Waals surface area contributed by atoms with E-state index in [0.717, 1.165) is 23.5 Å². The van der Waals surface area contributed by atoms with Crippen molar-refractivity contribution < 1.29 is 9.26 Å². The third-order valence-corrected chi connectivity index (χ3v) is 3.77. The van der Waals surface area contributed by atoms with E-state index in [4.69, 9.17) is 9.26 Å². The molecular formula is C17H22N6O2. The fourth-order valence-electron chi connectivity index (χ4n) is 2.52. The number of methoxy groups -OCH3 is 1. The molecule has 3 rings (SSSR count). The summed E-state index contributed by atoms with van der Waals surface area (Å²) in [5.41, 5.74) is 1.92. The molecule has 8 nitrogen and oxygen atoms in total. The van der Waals surface area contributed by atoms with Gasteiger partial charge >= 0.3 is 0 Å². The lowest BCUT2D eigenvalue weighted by molar-refractivity contribution is 0.174. The van der Waals surface area contributed by atoms with Crippen LogP contribution in [0.2, 0.25) is 0 Å². The van der Waals surface area contributed by atoms with Crippen LogP contribution < -0.4 is 4.90 Å². The van der Waals surface area contributed by atoms with E-state index in [9.17, 15) is 0 Å². The van der Waals surface area contributed by atoms with Crippen molar-refractivity contribution in [2.24, 2.45) is 7.05 Å². The normalized spacial score (nSPS) is 11.2. The van der Waals surface area contributed by atoms with Gasteiger partial charge in [-0.15, -0.1) is 0 Å². The van der Waals surface area contributed by atoms with E-state index in [2.05, 4.69) is 39.0 Å². The van der Waals surface area contributed by atoms with Gasteiger partial charge in [-0.25, -0.2) is 4.98 Å². The monoisotopic (exact) mass is 342 g/mol. The highest BCUT2D eigenvalue weighted by Gasteiger charge is 2.15. The Morgan fingerprint density at radius 2 is 2.12 bits per heavy atom. The summed E-state index contributed by atoms with van der Waals surface area (Å²) in [6.07, 6.45) is 5.64. The smallest absolute Gasteiger partial charge is 0.259 e. The zero-order chi connectivity index (χ0) is 17.8. The number of ether oxygens (including phenoxy) is 1. The summed E-state index contributed by atoms with van der Waals surface area (Å²) in [4.78, 5) is 11.1. The van der Waals surface area contributed by atoms with E-state index < -0.39 is 0 Å². The molecule has 0 saturated heterocycles. The van der Waals surface area contributed by atoms with Crippen molar-refractivity contribution in [3.8, 4) is 11.5 Å². The minimum atomic E-state index is 0.301. The third-order valence-electron chi connectivity index (χ3n) is 3.77. The van der Waals surface area contributed by atoms with E-state index in [0.29, 0.717) is 24.4 Å². The van der Waals surface area contributed by atoms with Crippen LogP contribution in [0.1, 0.15) is 25.2 Å². The van der Waals surface area contributed by atoms with Gasteiger partial charge < -0.3 is 14.2 Å². The van der Waals surface area contributed by atoms with Crippen LogP contribution in [-0.4, -0.2) is 38.1 Å². The second-order valence-electron chi connectivity index (χ2n) is 6.10. The molecule has 3 heterocycles. The first-order chi connectivity index (χ1) is 12.1. The molecule has 132 valence electrons. The van der Waals surface area contributed by atoms with Crippen LogP contribution in [0.3, 0.4) is 0 Å². The molecule has 0 aromatic carbocycles. The minimum absolute atomic E-state index is 0.301. The number of anilines is 1. The van der Waals surface area contributed by atoms with Gasteiger partial charge in [0.05, 0.1) is 11.8 Å². The first-order valence-electron chi connectivity index (χ1n) is 8.09. The van der Waals surface area contributed by atoms with Gasteiger partial charge in [0.1, 0.15) is 12.4 Å². The summed E-state index contributed by atoms with van der Waals surface area (Å²) in [5.74, 6) is 1.84. The zero-order valence-corrected chi connectivity index (χ0v) is 14.9. The molecule has 0 aliphatic carbocycles. The first-order valence-corrected chi connectivity index (χ1v) is 8.09. The molecule has 25 heavy (non-hydrogen) atoms. The zero-order valence-electron chi connectivity index (χ0n) is 14.9. The molecule has 0 fully saturated rings. The molecular weight excluding hydrogens is 320 g/mol. The van der Waals surface area contributed by atoms with E-state index in [1.807, 2.05) is 31.6 Å². The Morgan fingerprint density at radius 1 is 1.28 bits per heavy atom. The maximum absolute atomic E-state index is 5.24. The largest absolute Gasteiger partial charge is 0.377 e. The maximum atomic E-state index is 5.24. The molecule has 3 aromatic rings. The number of rotatable bonds is 7. The molecule has 0 aliphatic heterocycles. The molecule has 0 amide bonds. The quantitative estimate of drug-likeness (QED) is 0.652. The molecule has 0 bridgehead atoms. The van der Waals surface area contributed by atoms with Crippen molar-refractivity contribution in [2.75, 3.05) is 12.0 Å². The van der Waals surface area contributed by atoms with Gasteiger partial charge in [-0.05, 0) is 26.0 Å². The lowest BCUT2D eigenvalue weighted by Crippen LogP contribution is -2.30. The van der Waals surface area contributed by atoms with Crippen molar-refractivity contribution in [1.29, 1.82) is 0 Å². The van der Waals surface area contributed by atoms with Crippen LogP contribution >= 0.6 is 0 Å². The molecule has 0 unspecified atom stereocenters. The van der Waals surface area contributed by atoms with Crippen molar-refractivity contribution in [3.05, 3.63) is 42.1 Å². The molecule has 0 N–H and O–H groups in total. The van der Waals surface area contributed by atoms with Crippen molar-refractivity contribution in [3.63, 3.8) is 0 Å². The lowest BCUT2D eigenvalue weighted by atomic mass is 10.2. The van der Waals surface area contributed by atoms with Gasteiger partial charge in [-0.3, -0.25) is 4.68 Å². The predicted octanol–water partition coefficient (Wildman–Crippen LogP) is 2.43. The van der Waals surface area contributed by atoms with Gasteiger partial charge in [0.25, 0.3) is 5.89 Å². The second-order valence-corrected chi connectivity index (χ2v) is 6.10. The summed E-state index contributed by atoms with van der Waals surface area (Å²) < 4.78 is 12.0. The minimum Gasteiger partial charge on any atom is -0.377 e. The Hall–Kier alpha value is -2.74. The highest BCUT2D eigenvalue weighted by atomic mass is 16.5.